The monoisotopic (exact) mass is 389 g/mol. The zero-order valence-corrected chi connectivity index (χ0v) is 16.2. The first kappa shape index (κ1) is 20.1. The first-order chi connectivity index (χ1) is 14.2. The molecule has 6 heteroatoms. The largest absolute Gasteiger partial charge is 0.462 e. The molecule has 0 bridgehead atoms. The van der Waals surface area contributed by atoms with Crippen LogP contribution in [0.3, 0.4) is 0 Å². The maximum Gasteiger partial charge on any atom is 0.340 e. The van der Waals surface area contributed by atoms with Crippen LogP contribution in [0.5, 0.6) is 0 Å². The number of carbonyl (C=O) groups is 2. The minimum absolute atomic E-state index is 0.0657. The average molecular weight is 389 g/mol. The fourth-order valence-corrected chi connectivity index (χ4v) is 2.78. The standard InChI is InChI=1S/C23H23N3O3/c1-2-29-23(28)19-10-6-7-11-20(19)26-21-14-13-18(16-24-21)25-22(27)15-12-17-8-4-3-5-9-17/h3-11,13-14,16H,2,12,15H2,1H3,(H,24,26)(H,25,27). The molecule has 3 rings (SSSR count). The van der Waals surface area contributed by atoms with E-state index >= 15 is 0 Å². The third-order valence-corrected chi connectivity index (χ3v) is 4.22. The normalized spacial score (nSPS) is 10.2. The second-order valence-electron chi connectivity index (χ2n) is 6.36. The fourth-order valence-electron chi connectivity index (χ4n) is 2.78. The number of pyridine rings is 1. The molecule has 29 heavy (non-hydrogen) atoms. The van der Waals surface area contributed by atoms with E-state index in [1.165, 1.54) is 0 Å². The summed E-state index contributed by atoms with van der Waals surface area (Å²) in [5, 5.41) is 5.96. The lowest BCUT2D eigenvalue weighted by atomic mass is 10.1. The topological polar surface area (TPSA) is 80.3 Å². The van der Waals surface area contributed by atoms with Crippen LogP contribution in [0.15, 0.2) is 72.9 Å². The molecule has 148 valence electrons. The van der Waals surface area contributed by atoms with Crippen molar-refractivity contribution in [2.75, 3.05) is 17.2 Å². The van der Waals surface area contributed by atoms with Crippen molar-refractivity contribution in [1.82, 2.24) is 4.98 Å². The fraction of sp³-hybridized carbons (Fsp3) is 0.174. The molecule has 3 aromatic rings. The van der Waals surface area contributed by atoms with Gasteiger partial charge < -0.3 is 15.4 Å². The number of ether oxygens (including phenoxy) is 1. The van der Waals surface area contributed by atoms with E-state index in [1.54, 1.807) is 43.5 Å². The Morgan fingerprint density at radius 2 is 1.72 bits per heavy atom. The van der Waals surface area contributed by atoms with Crippen molar-refractivity contribution in [2.24, 2.45) is 0 Å². The van der Waals surface area contributed by atoms with Crippen LogP contribution in [0.1, 0.15) is 29.3 Å². The third-order valence-electron chi connectivity index (χ3n) is 4.22. The summed E-state index contributed by atoms with van der Waals surface area (Å²) >= 11 is 0. The molecule has 0 saturated carbocycles. The molecule has 0 aliphatic heterocycles. The van der Waals surface area contributed by atoms with Gasteiger partial charge in [-0.2, -0.15) is 0 Å². The zero-order valence-electron chi connectivity index (χ0n) is 16.2. The summed E-state index contributed by atoms with van der Waals surface area (Å²) in [6, 6.07) is 20.5. The Morgan fingerprint density at radius 3 is 2.45 bits per heavy atom. The molecular weight excluding hydrogens is 366 g/mol. The highest BCUT2D eigenvalue weighted by atomic mass is 16.5. The van der Waals surface area contributed by atoms with Gasteiger partial charge in [0.05, 0.1) is 29.7 Å². The van der Waals surface area contributed by atoms with E-state index in [9.17, 15) is 9.59 Å². The molecule has 0 spiro atoms. The van der Waals surface area contributed by atoms with Gasteiger partial charge in [0.25, 0.3) is 0 Å². The number of nitrogens with one attached hydrogen (secondary N) is 2. The summed E-state index contributed by atoms with van der Waals surface area (Å²) in [5.41, 5.74) is 2.79. The molecule has 6 nitrogen and oxygen atoms in total. The van der Waals surface area contributed by atoms with Gasteiger partial charge in [-0.25, -0.2) is 9.78 Å². The van der Waals surface area contributed by atoms with Gasteiger partial charge in [-0.15, -0.1) is 0 Å². The molecule has 0 aliphatic rings. The Morgan fingerprint density at radius 1 is 0.966 bits per heavy atom. The van der Waals surface area contributed by atoms with Gasteiger partial charge in [0.1, 0.15) is 5.82 Å². The van der Waals surface area contributed by atoms with E-state index in [0.717, 1.165) is 5.56 Å². The molecule has 0 saturated heterocycles. The van der Waals surface area contributed by atoms with Gasteiger partial charge in [0.2, 0.25) is 5.91 Å². The van der Waals surface area contributed by atoms with E-state index in [-0.39, 0.29) is 5.91 Å². The van der Waals surface area contributed by atoms with Crippen LogP contribution in [0.25, 0.3) is 0 Å². The first-order valence-electron chi connectivity index (χ1n) is 9.48. The number of hydrogen-bond donors (Lipinski definition) is 2. The quantitative estimate of drug-likeness (QED) is 0.552. The van der Waals surface area contributed by atoms with E-state index in [4.69, 9.17) is 4.74 Å². The number of rotatable bonds is 8. The maximum absolute atomic E-state index is 12.1. The number of esters is 1. The molecule has 0 aliphatic carbocycles. The number of nitrogens with zero attached hydrogens (tertiary/aromatic N) is 1. The number of amides is 1. The second kappa shape index (κ2) is 10.0. The lowest BCUT2D eigenvalue weighted by Crippen LogP contribution is -2.12. The second-order valence-corrected chi connectivity index (χ2v) is 6.36. The van der Waals surface area contributed by atoms with Crippen LogP contribution >= 0.6 is 0 Å². The summed E-state index contributed by atoms with van der Waals surface area (Å²) in [7, 11) is 0. The molecule has 2 N–H and O–H groups in total. The van der Waals surface area contributed by atoms with Gasteiger partial charge >= 0.3 is 5.97 Å². The molecule has 1 aromatic heterocycles. The number of carbonyl (C=O) groups excluding carboxylic acids is 2. The summed E-state index contributed by atoms with van der Waals surface area (Å²) in [6.45, 7) is 2.08. The Bertz CT molecular complexity index is 957. The summed E-state index contributed by atoms with van der Waals surface area (Å²) in [4.78, 5) is 28.5. The predicted octanol–water partition coefficient (Wildman–Crippen LogP) is 4.57. The minimum atomic E-state index is -0.391. The van der Waals surface area contributed by atoms with Gasteiger partial charge in [-0.3, -0.25) is 4.79 Å². The van der Waals surface area contributed by atoms with E-state index in [2.05, 4.69) is 15.6 Å². The van der Waals surface area contributed by atoms with Crippen LogP contribution < -0.4 is 10.6 Å². The van der Waals surface area contributed by atoms with Crippen molar-refractivity contribution < 1.29 is 14.3 Å². The zero-order chi connectivity index (χ0) is 20.5. The molecule has 2 aromatic carbocycles. The van der Waals surface area contributed by atoms with Gasteiger partial charge in [-0.1, -0.05) is 42.5 Å². The Kier molecular flexibility index (Phi) is 6.95. The number of anilines is 3. The van der Waals surface area contributed by atoms with E-state index in [1.807, 2.05) is 36.4 Å². The van der Waals surface area contributed by atoms with E-state index < -0.39 is 5.97 Å². The highest BCUT2D eigenvalue weighted by molar-refractivity contribution is 5.96. The summed E-state index contributed by atoms with van der Waals surface area (Å²) in [5.74, 6) is 0.103. The van der Waals surface area contributed by atoms with Crippen LogP contribution in [0.4, 0.5) is 17.2 Å². The van der Waals surface area contributed by atoms with Crippen molar-refractivity contribution in [3.05, 3.63) is 84.1 Å². The van der Waals surface area contributed by atoms with Crippen molar-refractivity contribution in [3.8, 4) is 0 Å². The Hall–Kier alpha value is -3.67. The van der Waals surface area contributed by atoms with Gasteiger partial charge in [0.15, 0.2) is 0 Å². The number of hydrogen-bond acceptors (Lipinski definition) is 5. The smallest absolute Gasteiger partial charge is 0.340 e. The molecule has 0 atom stereocenters. The molecule has 1 amide bonds. The molecule has 0 radical (unpaired) electrons. The SMILES string of the molecule is CCOC(=O)c1ccccc1Nc1ccc(NC(=O)CCc2ccccc2)cn1. The lowest BCUT2D eigenvalue weighted by molar-refractivity contribution is -0.116. The highest BCUT2D eigenvalue weighted by Crippen LogP contribution is 2.21. The number of aryl methyl sites for hydroxylation is 1. The van der Waals surface area contributed by atoms with E-state index in [0.29, 0.717) is 42.2 Å². The molecular formula is C23H23N3O3. The lowest BCUT2D eigenvalue weighted by Gasteiger charge is -2.11. The van der Waals surface area contributed by atoms with Crippen molar-refractivity contribution in [1.29, 1.82) is 0 Å². The number of benzene rings is 2. The highest BCUT2D eigenvalue weighted by Gasteiger charge is 2.12. The minimum Gasteiger partial charge on any atom is -0.462 e. The van der Waals surface area contributed by atoms with Crippen molar-refractivity contribution in [3.63, 3.8) is 0 Å². The van der Waals surface area contributed by atoms with Crippen LogP contribution in [0.2, 0.25) is 0 Å². The summed E-state index contributed by atoms with van der Waals surface area (Å²) in [6.07, 6.45) is 2.66. The van der Waals surface area contributed by atoms with Gasteiger partial charge in [0, 0.05) is 6.42 Å². The average Bonchev–Trinajstić information content (AvgIpc) is 2.75. The molecule has 0 unspecified atom stereocenters. The maximum atomic E-state index is 12.1. The van der Waals surface area contributed by atoms with Gasteiger partial charge in [-0.05, 0) is 43.2 Å². The first-order valence-corrected chi connectivity index (χ1v) is 9.48. The van der Waals surface area contributed by atoms with Crippen LogP contribution in [0, 0.1) is 0 Å². The predicted molar refractivity (Wildman–Crippen MR) is 113 cm³/mol. The van der Waals surface area contributed by atoms with Crippen molar-refractivity contribution in [2.45, 2.75) is 19.8 Å². The molecule has 0 fully saturated rings. The Balaban J connectivity index is 1.58. The summed E-state index contributed by atoms with van der Waals surface area (Å²) < 4.78 is 5.08. The molecule has 1 heterocycles. The van der Waals surface area contributed by atoms with Crippen LogP contribution in [-0.4, -0.2) is 23.5 Å². The van der Waals surface area contributed by atoms with Crippen molar-refractivity contribution >= 4 is 29.1 Å². The third kappa shape index (κ3) is 5.90. The Labute approximate surface area is 169 Å². The van der Waals surface area contributed by atoms with Crippen LogP contribution in [-0.2, 0) is 16.0 Å². The number of para-hydroxylation sites is 1. The number of aromatic nitrogens is 1.